The summed E-state index contributed by atoms with van der Waals surface area (Å²) in [5.74, 6) is 1.48. The van der Waals surface area contributed by atoms with Crippen molar-refractivity contribution in [3.8, 4) is 0 Å². The van der Waals surface area contributed by atoms with Gasteiger partial charge in [0.2, 0.25) is 5.91 Å². The number of hydrogen-bond acceptors (Lipinski definition) is 4. The first-order chi connectivity index (χ1) is 14.7. The third-order valence-corrected chi connectivity index (χ3v) is 4.91. The molecule has 3 rings (SSSR count). The summed E-state index contributed by atoms with van der Waals surface area (Å²) >= 11 is 0. The molecule has 160 valence electrons. The number of halogens is 1. The van der Waals surface area contributed by atoms with Crippen LogP contribution in [-0.4, -0.2) is 61.0 Å². The number of nitrogens with zero attached hydrogens (tertiary/aromatic N) is 4. The second kappa shape index (κ2) is 11.1. The van der Waals surface area contributed by atoms with Gasteiger partial charge in [-0.15, -0.1) is 0 Å². The van der Waals surface area contributed by atoms with Crippen molar-refractivity contribution in [1.82, 2.24) is 20.5 Å². The van der Waals surface area contributed by atoms with E-state index in [2.05, 4.69) is 25.5 Å². The van der Waals surface area contributed by atoms with Gasteiger partial charge in [-0.25, -0.2) is 14.4 Å². The van der Waals surface area contributed by atoms with E-state index in [0.29, 0.717) is 38.6 Å². The van der Waals surface area contributed by atoms with Crippen LogP contribution >= 0.6 is 0 Å². The summed E-state index contributed by atoms with van der Waals surface area (Å²) in [6.45, 7) is 6.64. The summed E-state index contributed by atoms with van der Waals surface area (Å²) in [5.41, 5.74) is 0.926. The van der Waals surface area contributed by atoms with Crippen molar-refractivity contribution in [2.24, 2.45) is 4.99 Å². The maximum atomic E-state index is 13.0. The molecule has 0 atom stereocenters. The number of piperazine rings is 1. The Morgan fingerprint density at radius 2 is 1.87 bits per heavy atom. The molecule has 1 amide bonds. The lowest BCUT2D eigenvalue weighted by atomic mass is 10.2. The SMILES string of the molecule is CCNC(=NCc1ccc(F)cc1)NCCC(=O)N1CCN(c2ccccn2)CC1. The highest BCUT2D eigenvalue weighted by Crippen LogP contribution is 2.13. The molecule has 1 aliphatic rings. The third kappa shape index (κ3) is 6.43. The van der Waals surface area contributed by atoms with Crippen molar-refractivity contribution in [3.05, 3.63) is 60.0 Å². The van der Waals surface area contributed by atoms with Gasteiger partial charge >= 0.3 is 0 Å². The van der Waals surface area contributed by atoms with E-state index in [1.807, 2.05) is 30.0 Å². The molecule has 7 nitrogen and oxygen atoms in total. The van der Waals surface area contributed by atoms with E-state index in [9.17, 15) is 9.18 Å². The monoisotopic (exact) mass is 412 g/mol. The third-order valence-electron chi connectivity index (χ3n) is 4.91. The zero-order chi connectivity index (χ0) is 21.2. The lowest BCUT2D eigenvalue weighted by Crippen LogP contribution is -2.49. The quantitative estimate of drug-likeness (QED) is 0.538. The Kier molecular flexibility index (Phi) is 8.00. The van der Waals surface area contributed by atoms with Gasteiger partial charge in [-0.1, -0.05) is 18.2 Å². The van der Waals surface area contributed by atoms with Crippen LogP contribution in [0.1, 0.15) is 18.9 Å². The van der Waals surface area contributed by atoms with Crippen LogP contribution in [-0.2, 0) is 11.3 Å². The van der Waals surface area contributed by atoms with Crippen LogP contribution in [0.3, 0.4) is 0 Å². The van der Waals surface area contributed by atoms with Crippen molar-refractivity contribution in [3.63, 3.8) is 0 Å². The topological polar surface area (TPSA) is 72.9 Å². The molecule has 8 heteroatoms. The summed E-state index contributed by atoms with van der Waals surface area (Å²) in [4.78, 5) is 25.5. The predicted molar refractivity (Wildman–Crippen MR) is 117 cm³/mol. The molecule has 0 unspecified atom stereocenters. The Hall–Kier alpha value is -3.16. The number of anilines is 1. The molecule has 0 spiro atoms. The lowest BCUT2D eigenvalue weighted by Gasteiger charge is -2.35. The summed E-state index contributed by atoms with van der Waals surface area (Å²) in [6.07, 6.45) is 2.20. The molecule has 0 radical (unpaired) electrons. The number of pyridine rings is 1. The second-order valence-electron chi connectivity index (χ2n) is 7.05. The highest BCUT2D eigenvalue weighted by molar-refractivity contribution is 5.81. The van der Waals surface area contributed by atoms with Gasteiger partial charge in [0.15, 0.2) is 5.96 Å². The average molecular weight is 413 g/mol. The first-order valence-electron chi connectivity index (χ1n) is 10.4. The molecule has 1 aliphatic heterocycles. The first-order valence-corrected chi connectivity index (χ1v) is 10.4. The van der Waals surface area contributed by atoms with Crippen LogP contribution in [0.2, 0.25) is 0 Å². The number of benzene rings is 1. The minimum absolute atomic E-state index is 0.137. The molecule has 1 fully saturated rings. The van der Waals surface area contributed by atoms with E-state index in [-0.39, 0.29) is 11.7 Å². The standard InChI is InChI=1S/C22H29FN6O/c1-2-24-22(27-17-18-6-8-19(23)9-7-18)26-12-10-21(30)29-15-13-28(14-16-29)20-5-3-4-11-25-20/h3-9,11H,2,10,12-17H2,1H3,(H2,24,26,27). The Labute approximate surface area is 177 Å². The van der Waals surface area contributed by atoms with Gasteiger partial charge in [-0.2, -0.15) is 0 Å². The first kappa shape index (κ1) is 21.5. The number of carbonyl (C=O) groups excluding carboxylic acids is 1. The minimum atomic E-state index is -0.257. The Balaban J connectivity index is 1.42. The van der Waals surface area contributed by atoms with Gasteiger partial charge in [0, 0.05) is 51.9 Å². The summed E-state index contributed by atoms with van der Waals surface area (Å²) < 4.78 is 13.0. The van der Waals surface area contributed by atoms with Gasteiger partial charge in [-0.05, 0) is 36.8 Å². The summed E-state index contributed by atoms with van der Waals surface area (Å²) in [5, 5.41) is 6.37. The Morgan fingerprint density at radius 3 is 2.53 bits per heavy atom. The highest BCUT2D eigenvalue weighted by atomic mass is 19.1. The predicted octanol–water partition coefficient (Wildman–Crippen LogP) is 2.01. The molecule has 1 saturated heterocycles. The zero-order valence-corrected chi connectivity index (χ0v) is 17.4. The zero-order valence-electron chi connectivity index (χ0n) is 17.4. The molecule has 2 N–H and O–H groups in total. The maximum absolute atomic E-state index is 13.0. The molecule has 30 heavy (non-hydrogen) atoms. The molecule has 1 aromatic carbocycles. The van der Waals surface area contributed by atoms with Crippen LogP contribution in [0, 0.1) is 5.82 Å². The fourth-order valence-corrected chi connectivity index (χ4v) is 3.27. The Morgan fingerprint density at radius 1 is 1.10 bits per heavy atom. The lowest BCUT2D eigenvalue weighted by molar-refractivity contribution is -0.131. The molecule has 0 saturated carbocycles. The number of carbonyl (C=O) groups is 1. The van der Waals surface area contributed by atoms with Crippen LogP contribution in [0.15, 0.2) is 53.7 Å². The fraction of sp³-hybridized carbons (Fsp3) is 0.409. The number of nitrogens with one attached hydrogen (secondary N) is 2. The fourth-order valence-electron chi connectivity index (χ4n) is 3.27. The average Bonchev–Trinajstić information content (AvgIpc) is 2.79. The molecule has 0 bridgehead atoms. The number of guanidine groups is 1. The van der Waals surface area contributed by atoms with Crippen molar-refractivity contribution < 1.29 is 9.18 Å². The Bertz CT molecular complexity index is 819. The maximum Gasteiger partial charge on any atom is 0.224 e. The van der Waals surface area contributed by atoms with Gasteiger partial charge < -0.3 is 20.4 Å². The van der Waals surface area contributed by atoms with Gasteiger partial charge in [0.05, 0.1) is 6.54 Å². The smallest absolute Gasteiger partial charge is 0.224 e. The van der Waals surface area contributed by atoms with E-state index in [0.717, 1.165) is 31.0 Å². The minimum Gasteiger partial charge on any atom is -0.357 e. The number of aliphatic imine (C=N–C) groups is 1. The van der Waals surface area contributed by atoms with Crippen LogP contribution in [0.25, 0.3) is 0 Å². The van der Waals surface area contributed by atoms with Crippen LogP contribution in [0.5, 0.6) is 0 Å². The van der Waals surface area contributed by atoms with Crippen molar-refractivity contribution in [2.45, 2.75) is 19.9 Å². The van der Waals surface area contributed by atoms with Crippen molar-refractivity contribution in [1.29, 1.82) is 0 Å². The van der Waals surface area contributed by atoms with Crippen molar-refractivity contribution >= 4 is 17.7 Å². The molecule has 2 heterocycles. The van der Waals surface area contributed by atoms with E-state index in [4.69, 9.17) is 0 Å². The number of aromatic nitrogens is 1. The summed E-state index contributed by atoms with van der Waals surface area (Å²) in [6, 6.07) is 12.2. The number of amides is 1. The normalized spacial score (nSPS) is 14.5. The molecular formula is C22H29FN6O. The number of hydrogen-bond donors (Lipinski definition) is 2. The van der Waals surface area contributed by atoms with Crippen molar-refractivity contribution in [2.75, 3.05) is 44.2 Å². The van der Waals surface area contributed by atoms with Gasteiger partial charge in [0.1, 0.15) is 11.6 Å². The van der Waals surface area contributed by atoms with E-state index in [1.54, 1.807) is 18.3 Å². The molecular weight excluding hydrogens is 383 g/mol. The van der Waals surface area contributed by atoms with E-state index in [1.165, 1.54) is 12.1 Å². The van der Waals surface area contributed by atoms with Gasteiger partial charge in [0.25, 0.3) is 0 Å². The van der Waals surface area contributed by atoms with Gasteiger partial charge in [-0.3, -0.25) is 4.79 Å². The van der Waals surface area contributed by atoms with Crippen LogP contribution < -0.4 is 15.5 Å². The summed E-state index contributed by atoms with van der Waals surface area (Å²) in [7, 11) is 0. The molecule has 2 aromatic rings. The number of rotatable bonds is 7. The second-order valence-corrected chi connectivity index (χ2v) is 7.05. The van der Waals surface area contributed by atoms with Crippen LogP contribution in [0.4, 0.5) is 10.2 Å². The molecule has 1 aromatic heterocycles. The molecule has 0 aliphatic carbocycles. The highest BCUT2D eigenvalue weighted by Gasteiger charge is 2.21. The largest absolute Gasteiger partial charge is 0.357 e. The van der Waals surface area contributed by atoms with E-state index >= 15 is 0 Å². The van der Waals surface area contributed by atoms with E-state index < -0.39 is 0 Å².